The largest absolute Gasteiger partial charge is 0.345 e. The molecule has 2 aromatic heterocycles. The molecule has 6 heteroatoms. The number of hydrogen-bond acceptors (Lipinski definition) is 4. The Morgan fingerprint density at radius 1 is 1.23 bits per heavy atom. The molecule has 0 bridgehead atoms. The highest BCUT2D eigenvalue weighted by Crippen LogP contribution is 2.20. The third kappa shape index (κ3) is 2.43. The van der Waals surface area contributed by atoms with Crippen LogP contribution in [-0.4, -0.2) is 26.1 Å². The molecule has 6 nitrogen and oxygen atoms in total. The normalized spacial score (nSPS) is 12.3. The molecule has 0 aliphatic heterocycles. The van der Waals surface area contributed by atoms with Crippen LogP contribution in [-0.2, 0) is 0 Å². The molecule has 22 heavy (non-hydrogen) atoms. The van der Waals surface area contributed by atoms with E-state index in [1.165, 1.54) is 0 Å². The SMILES string of the molecule is Cc1n[nH]c(C)c1[C@H](C)NC(=O)c1cccc2nccnc12. The van der Waals surface area contributed by atoms with E-state index in [-0.39, 0.29) is 11.9 Å². The van der Waals surface area contributed by atoms with Gasteiger partial charge >= 0.3 is 0 Å². The number of para-hydroxylation sites is 1. The van der Waals surface area contributed by atoms with Crippen molar-refractivity contribution in [1.29, 1.82) is 0 Å². The summed E-state index contributed by atoms with van der Waals surface area (Å²) in [5, 5.41) is 10.1. The van der Waals surface area contributed by atoms with Crippen LogP contribution < -0.4 is 5.32 Å². The van der Waals surface area contributed by atoms with Crippen LogP contribution in [0.2, 0.25) is 0 Å². The number of amides is 1. The van der Waals surface area contributed by atoms with Gasteiger partial charge in [-0.25, -0.2) is 0 Å². The number of carbonyl (C=O) groups is 1. The van der Waals surface area contributed by atoms with Crippen LogP contribution in [0.1, 0.15) is 40.3 Å². The maximum absolute atomic E-state index is 12.6. The van der Waals surface area contributed by atoms with E-state index in [9.17, 15) is 4.79 Å². The van der Waals surface area contributed by atoms with Crippen molar-refractivity contribution < 1.29 is 4.79 Å². The first-order valence-corrected chi connectivity index (χ1v) is 7.10. The average Bonchev–Trinajstić information content (AvgIpc) is 2.85. The second-order valence-electron chi connectivity index (χ2n) is 5.27. The molecule has 112 valence electrons. The van der Waals surface area contributed by atoms with Gasteiger partial charge in [0.1, 0.15) is 5.52 Å². The van der Waals surface area contributed by atoms with Gasteiger partial charge in [0.05, 0.1) is 22.8 Å². The van der Waals surface area contributed by atoms with E-state index in [0.717, 1.165) is 17.0 Å². The Bertz CT molecular complexity index is 815. The number of aromatic amines is 1. The lowest BCUT2D eigenvalue weighted by molar-refractivity contribution is 0.0941. The first-order chi connectivity index (χ1) is 10.6. The van der Waals surface area contributed by atoms with Crippen molar-refractivity contribution in [3.05, 3.63) is 53.1 Å². The first kappa shape index (κ1) is 14.2. The molecule has 0 saturated carbocycles. The van der Waals surface area contributed by atoms with Gasteiger partial charge in [-0.2, -0.15) is 5.10 Å². The van der Waals surface area contributed by atoms with E-state index >= 15 is 0 Å². The summed E-state index contributed by atoms with van der Waals surface area (Å²) in [6, 6.07) is 5.27. The summed E-state index contributed by atoms with van der Waals surface area (Å²) in [6.07, 6.45) is 3.21. The molecule has 0 aliphatic carbocycles. The Morgan fingerprint density at radius 2 is 2.00 bits per heavy atom. The van der Waals surface area contributed by atoms with Crippen molar-refractivity contribution in [3.8, 4) is 0 Å². The molecule has 0 saturated heterocycles. The zero-order valence-electron chi connectivity index (χ0n) is 12.7. The molecular formula is C16H17N5O. The fourth-order valence-electron chi connectivity index (χ4n) is 2.72. The fraction of sp³-hybridized carbons (Fsp3) is 0.250. The number of aromatic nitrogens is 4. The maximum atomic E-state index is 12.6. The molecule has 3 rings (SSSR count). The summed E-state index contributed by atoms with van der Waals surface area (Å²) in [6.45, 7) is 5.81. The zero-order chi connectivity index (χ0) is 15.7. The molecule has 2 heterocycles. The number of aryl methyl sites for hydroxylation is 2. The number of carbonyl (C=O) groups excluding carboxylic acids is 1. The van der Waals surface area contributed by atoms with Gasteiger partial charge in [0, 0.05) is 23.7 Å². The number of H-pyrrole nitrogens is 1. The highest BCUT2D eigenvalue weighted by atomic mass is 16.1. The Hall–Kier alpha value is -2.76. The van der Waals surface area contributed by atoms with Crippen molar-refractivity contribution in [2.24, 2.45) is 0 Å². The van der Waals surface area contributed by atoms with Crippen molar-refractivity contribution in [2.45, 2.75) is 26.8 Å². The molecule has 0 aliphatic rings. The van der Waals surface area contributed by atoms with Gasteiger partial charge in [0.15, 0.2) is 0 Å². The Kier molecular flexibility index (Phi) is 3.58. The lowest BCUT2D eigenvalue weighted by atomic mass is 10.1. The van der Waals surface area contributed by atoms with Crippen molar-refractivity contribution >= 4 is 16.9 Å². The molecule has 0 fully saturated rings. The number of nitrogens with one attached hydrogen (secondary N) is 2. The maximum Gasteiger partial charge on any atom is 0.254 e. The Labute approximate surface area is 128 Å². The molecule has 0 unspecified atom stereocenters. The van der Waals surface area contributed by atoms with Gasteiger partial charge in [0.2, 0.25) is 0 Å². The smallest absolute Gasteiger partial charge is 0.254 e. The minimum Gasteiger partial charge on any atom is -0.345 e. The van der Waals surface area contributed by atoms with Gasteiger partial charge in [0.25, 0.3) is 5.91 Å². The Morgan fingerprint density at radius 3 is 2.73 bits per heavy atom. The first-order valence-electron chi connectivity index (χ1n) is 7.10. The van der Waals surface area contributed by atoms with Crippen LogP contribution >= 0.6 is 0 Å². The van der Waals surface area contributed by atoms with Gasteiger partial charge in [-0.1, -0.05) is 6.07 Å². The van der Waals surface area contributed by atoms with E-state index in [1.807, 2.05) is 32.9 Å². The van der Waals surface area contributed by atoms with E-state index in [1.54, 1.807) is 18.5 Å². The number of rotatable bonds is 3. The van der Waals surface area contributed by atoms with Gasteiger partial charge in [-0.15, -0.1) is 0 Å². The second-order valence-corrected chi connectivity index (χ2v) is 5.27. The molecule has 2 N–H and O–H groups in total. The minimum absolute atomic E-state index is 0.141. The monoisotopic (exact) mass is 295 g/mol. The topological polar surface area (TPSA) is 83.6 Å². The summed E-state index contributed by atoms with van der Waals surface area (Å²) in [7, 11) is 0. The van der Waals surface area contributed by atoms with Crippen molar-refractivity contribution in [3.63, 3.8) is 0 Å². The molecule has 1 amide bonds. The molecule has 0 radical (unpaired) electrons. The highest BCUT2D eigenvalue weighted by Gasteiger charge is 2.18. The van der Waals surface area contributed by atoms with Crippen LogP contribution in [0.5, 0.6) is 0 Å². The average molecular weight is 295 g/mol. The highest BCUT2D eigenvalue weighted by molar-refractivity contribution is 6.04. The molecule has 1 atom stereocenters. The van der Waals surface area contributed by atoms with E-state index in [4.69, 9.17) is 0 Å². The molecule has 3 aromatic rings. The van der Waals surface area contributed by atoms with Crippen molar-refractivity contribution in [2.75, 3.05) is 0 Å². The lowest BCUT2D eigenvalue weighted by Gasteiger charge is -2.15. The zero-order valence-corrected chi connectivity index (χ0v) is 12.7. The predicted octanol–water partition coefficient (Wildman–Crippen LogP) is 2.46. The fourth-order valence-corrected chi connectivity index (χ4v) is 2.72. The van der Waals surface area contributed by atoms with E-state index in [0.29, 0.717) is 16.6 Å². The summed E-state index contributed by atoms with van der Waals surface area (Å²) >= 11 is 0. The van der Waals surface area contributed by atoms with Crippen LogP contribution in [0.4, 0.5) is 0 Å². The number of hydrogen-bond donors (Lipinski definition) is 2. The second kappa shape index (κ2) is 5.55. The van der Waals surface area contributed by atoms with Crippen LogP contribution in [0, 0.1) is 13.8 Å². The number of benzene rings is 1. The number of fused-ring (bicyclic) bond motifs is 1. The number of nitrogens with zero attached hydrogens (tertiary/aromatic N) is 3. The standard InChI is InChI=1S/C16H17N5O/c1-9(14-10(2)20-21-11(14)3)19-16(22)12-5-4-6-13-15(12)18-8-7-17-13/h4-9H,1-3H3,(H,19,22)(H,20,21)/t9-/m0/s1. The third-order valence-corrected chi connectivity index (χ3v) is 3.71. The van der Waals surface area contributed by atoms with E-state index in [2.05, 4.69) is 25.5 Å². The summed E-state index contributed by atoms with van der Waals surface area (Å²) < 4.78 is 0. The Balaban J connectivity index is 1.91. The third-order valence-electron chi connectivity index (χ3n) is 3.71. The predicted molar refractivity (Wildman–Crippen MR) is 83.5 cm³/mol. The van der Waals surface area contributed by atoms with Crippen LogP contribution in [0.25, 0.3) is 11.0 Å². The van der Waals surface area contributed by atoms with E-state index < -0.39 is 0 Å². The molecular weight excluding hydrogens is 278 g/mol. The van der Waals surface area contributed by atoms with Gasteiger partial charge in [-0.3, -0.25) is 19.9 Å². The summed E-state index contributed by atoms with van der Waals surface area (Å²) in [5.41, 5.74) is 4.70. The van der Waals surface area contributed by atoms with Crippen molar-refractivity contribution in [1.82, 2.24) is 25.5 Å². The quantitative estimate of drug-likeness (QED) is 0.777. The summed E-state index contributed by atoms with van der Waals surface area (Å²) in [4.78, 5) is 21.1. The summed E-state index contributed by atoms with van der Waals surface area (Å²) in [5.74, 6) is -0.168. The van der Waals surface area contributed by atoms with Gasteiger partial charge < -0.3 is 5.32 Å². The lowest BCUT2D eigenvalue weighted by Crippen LogP contribution is -2.27. The van der Waals surface area contributed by atoms with Crippen LogP contribution in [0.15, 0.2) is 30.6 Å². The van der Waals surface area contributed by atoms with Gasteiger partial charge in [-0.05, 0) is 32.9 Å². The minimum atomic E-state index is -0.168. The van der Waals surface area contributed by atoms with Crippen LogP contribution in [0.3, 0.4) is 0 Å². The molecule has 0 spiro atoms. The molecule has 1 aromatic carbocycles.